The first-order valence-electron chi connectivity index (χ1n) is 7.81. The van der Waals surface area contributed by atoms with E-state index in [0.29, 0.717) is 16.0 Å². The van der Waals surface area contributed by atoms with Crippen molar-refractivity contribution in [3.05, 3.63) is 51.9 Å². The van der Waals surface area contributed by atoms with Gasteiger partial charge in [-0.1, -0.05) is 17.7 Å². The van der Waals surface area contributed by atoms with E-state index in [9.17, 15) is 4.79 Å². The molecule has 122 valence electrons. The Bertz CT molecular complexity index is 920. The van der Waals surface area contributed by atoms with Crippen molar-refractivity contribution in [2.75, 3.05) is 5.32 Å². The number of fused-ring (bicyclic) bond motifs is 2. The number of aromatic nitrogens is 3. The average Bonchev–Trinajstić information content (AvgIpc) is 3.12. The summed E-state index contributed by atoms with van der Waals surface area (Å²) in [7, 11) is 0. The molecule has 0 saturated carbocycles. The molecule has 4 rings (SSSR count). The molecule has 0 fully saturated rings. The van der Waals surface area contributed by atoms with Gasteiger partial charge in [0, 0.05) is 17.2 Å². The van der Waals surface area contributed by atoms with E-state index in [2.05, 4.69) is 15.3 Å². The van der Waals surface area contributed by atoms with Crippen molar-refractivity contribution in [1.82, 2.24) is 14.4 Å². The van der Waals surface area contributed by atoms with Gasteiger partial charge in [-0.2, -0.15) is 0 Å². The predicted molar refractivity (Wildman–Crippen MR) is 96.6 cm³/mol. The lowest BCUT2D eigenvalue weighted by atomic mass is 10.0. The van der Waals surface area contributed by atoms with Crippen LogP contribution in [0.4, 0.5) is 5.13 Å². The minimum atomic E-state index is -0.219. The Labute approximate surface area is 148 Å². The fourth-order valence-electron chi connectivity index (χ4n) is 2.84. The molecular formula is C17H15ClN4OS. The molecule has 1 N–H and O–H groups in total. The number of carbonyl (C=O) groups excluding carboxylic acids is 1. The minimum absolute atomic E-state index is 0.219. The van der Waals surface area contributed by atoms with Gasteiger partial charge in [-0.25, -0.2) is 9.97 Å². The lowest BCUT2D eigenvalue weighted by molar-refractivity contribution is -0.111. The lowest BCUT2D eigenvalue weighted by Gasteiger charge is -2.06. The number of amides is 1. The van der Waals surface area contributed by atoms with Crippen LogP contribution in [0.1, 0.15) is 29.1 Å². The Hall–Kier alpha value is -2.18. The molecule has 0 aromatic carbocycles. The number of anilines is 1. The van der Waals surface area contributed by atoms with Crippen LogP contribution < -0.4 is 5.32 Å². The number of imidazole rings is 1. The van der Waals surface area contributed by atoms with E-state index in [1.54, 1.807) is 17.4 Å². The molecule has 0 radical (unpaired) electrons. The van der Waals surface area contributed by atoms with Gasteiger partial charge >= 0.3 is 0 Å². The smallest absolute Gasteiger partial charge is 0.250 e. The van der Waals surface area contributed by atoms with Gasteiger partial charge < -0.3 is 0 Å². The molecule has 0 bridgehead atoms. The van der Waals surface area contributed by atoms with Crippen molar-refractivity contribution in [1.29, 1.82) is 0 Å². The molecule has 0 atom stereocenters. The highest BCUT2D eigenvalue weighted by Gasteiger charge is 2.15. The number of hydrogen-bond acceptors (Lipinski definition) is 4. The number of nitrogens with zero attached hydrogens (tertiary/aromatic N) is 3. The van der Waals surface area contributed by atoms with Gasteiger partial charge in [-0.3, -0.25) is 14.5 Å². The Morgan fingerprint density at radius 1 is 1.29 bits per heavy atom. The molecule has 3 aromatic rings. The second-order valence-corrected chi connectivity index (χ2v) is 7.08. The maximum absolute atomic E-state index is 12.2. The van der Waals surface area contributed by atoms with Gasteiger partial charge in [-0.05, 0) is 43.9 Å². The first-order chi connectivity index (χ1) is 11.7. The molecule has 3 heterocycles. The van der Waals surface area contributed by atoms with Crippen LogP contribution in [0.15, 0.2) is 30.5 Å². The maximum Gasteiger partial charge on any atom is 0.250 e. The van der Waals surface area contributed by atoms with E-state index < -0.39 is 0 Å². The molecule has 0 saturated heterocycles. The Kier molecular flexibility index (Phi) is 4.08. The molecule has 24 heavy (non-hydrogen) atoms. The summed E-state index contributed by atoms with van der Waals surface area (Å²) in [5, 5.41) is 3.88. The van der Waals surface area contributed by atoms with E-state index in [0.717, 1.165) is 24.2 Å². The van der Waals surface area contributed by atoms with Crippen LogP contribution in [-0.2, 0) is 17.6 Å². The van der Waals surface area contributed by atoms with Crippen LogP contribution in [0.2, 0.25) is 5.15 Å². The third-order valence-electron chi connectivity index (χ3n) is 3.99. The quantitative estimate of drug-likeness (QED) is 0.720. The number of pyridine rings is 1. The fraction of sp³-hybridized carbons (Fsp3) is 0.235. The summed E-state index contributed by atoms with van der Waals surface area (Å²) in [5.41, 5.74) is 2.56. The number of nitrogens with one attached hydrogen (secondary N) is 1. The van der Waals surface area contributed by atoms with Gasteiger partial charge in [0.1, 0.15) is 5.65 Å². The SMILES string of the molecule is O=C(/C=C/c1c(Cl)nc2ccccn12)Nc1nc2c(s1)CCCC2. The summed E-state index contributed by atoms with van der Waals surface area (Å²) in [4.78, 5) is 22.2. The van der Waals surface area contributed by atoms with Crippen molar-refractivity contribution < 1.29 is 4.79 Å². The third-order valence-corrected chi connectivity index (χ3v) is 5.34. The highest BCUT2D eigenvalue weighted by atomic mass is 35.5. The number of carbonyl (C=O) groups is 1. The zero-order valence-electron chi connectivity index (χ0n) is 12.8. The summed E-state index contributed by atoms with van der Waals surface area (Å²) in [5.74, 6) is -0.219. The van der Waals surface area contributed by atoms with Crippen molar-refractivity contribution in [2.45, 2.75) is 25.7 Å². The zero-order valence-corrected chi connectivity index (χ0v) is 14.4. The molecule has 1 aliphatic rings. The minimum Gasteiger partial charge on any atom is -0.299 e. The van der Waals surface area contributed by atoms with Crippen LogP contribution in [0, 0.1) is 0 Å². The first kappa shape index (κ1) is 15.4. The number of rotatable bonds is 3. The molecule has 7 heteroatoms. The number of aryl methyl sites for hydroxylation is 2. The van der Waals surface area contributed by atoms with Crippen molar-refractivity contribution >= 4 is 45.7 Å². The third kappa shape index (κ3) is 2.95. The number of thiazole rings is 1. The lowest BCUT2D eigenvalue weighted by Crippen LogP contribution is -2.07. The molecule has 0 aliphatic heterocycles. The topological polar surface area (TPSA) is 59.3 Å². The van der Waals surface area contributed by atoms with Crippen molar-refractivity contribution in [3.63, 3.8) is 0 Å². The summed E-state index contributed by atoms with van der Waals surface area (Å²) in [6.07, 6.45) is 9.45. The summed E-state index contributed by atoms with van der Waals surface area (Å²) < 4.78 is 1.84. The van der Waals surface area contributed by atoms with Crippen LogP contribution in [0.25, 0.3) is 11.7 Å². The van der Waals surface area contributed by atoms with Crippen LogP contribution >= 0.6 is 22.9 Å². The average molecular weight is 359 g/mol. The molecule has 3 aromatic heterocycles. The fourth-order valence-corrected chi connectivity index (χ4v) is 4.14. The van der Waals surface area contributed by atoms with E-state index in [4.69, 9.17) is 11.6 Å². The van der Waals surface area contributed by atoms with Gasteiger partial charge in [0.05, 0.1) is 11.4 Å². The van der Waals surface area contributed by atoms with Gasteiger partial charge in [0.25, 0.3) is 0 Å². The molecule has 5 nitrogen and oxygen atoms in total. The van der Waals surface area contributed by atoms with Crippen LogP contribution in [0.5, 0.6) is 0 Å². The van der Waals surface area contributed by atoms with E-state index >= 15 is 0 Å². The van der Waals surface area contributed by atoms with Crippen molar-refractivity contribution in [2.24, 2.45) is 0 Å². The molecular weight excluding hydrogens is 344 g/mol. The molecule has 1 aliphatic carbocycles. The Morgan fingerprint density at radius 3 is 3.04 bits per heavy atom. The molecule has 0 spiro atoms. The second-order valence-electron chi connectivity index (χ2n) is 5.64. The molecule has 1 amide bonds. The highest BCUT2D eigenvalue weighted by molar-refractivity contribution is 7.15. The second kappa shape index (κ2) is 6.37. The Balaban J connectivity index is 1.52. The zero-order chi connectivity index (χ0) is 16.5. The van der Waals surface area contributed by atoms with Gasteiger partial charge in [0.2, 0.25) is 5.91 Å². The number of hydrogen-bond donors (Lipinski definition) is 1. The Morgan fingerprint density at radius 2 is 2.17 bits per heavy atom. The number of halogens is 1. The van der Waals surface area contributed by atoms with Crippen molar-refractivity contribution in [3.8, 4) is 0 Å². The van der Waals surface area contributed by atoms with E-state index in [1.165, 1.54) is 23.8 Å². The van der Waals surface area contributed by atoms with Crippen LogP contribution in [0.3, 0.4) is 0 Å². The monoisotopic (exact) mass is 358 g/mol. The normalized spacial score (nSPS) is 14.2. The highest BCUT2D eigenvalue weighted by Crippen LogP contribution is 2.29. The maximum atomic E-state index is 12.2. The standard InChI is InChI=1S/C17H15ClN4OS/c18-16-12(22-10-4-3-7-14(22)20-16)8-9-15(23)21-17-19-11-5-1-2-6-13(11)24-17/h3-4,7-10H,1-2,5-6H2,(H,19,21,23)/b9-8+. The molecule has 0 unspecified atom stereocenters. The van der Waals surface area contributed by atoms with Gasteiger partial charge in [0.15, 0.2) is 10.3 Å². The van der Waals surface area contributed by atoms with Gasteiger partial charge in [-0.15, -0.1) is 11.3 Å². The first-order valence-corrected chi connectivity index (χ1v) is 9.00. The van der Waals surface area contributed by atoms with Crippen LogP contribution in [-0.4, -0.2) is 20.3 Å². The predicted octanol–water partition coefficient (Wildman–Crippen LogP) is 3.97. The summed E-state index contributed by atoms with van der Waals surface area (Å²) >= 11 is 7.73. The summed E-state index contributed by atoms with van der Waals surface area (Å²) in [6.45, 7) is 0. The van der Waals surface area contributed by atoms with E-state index in [-0.39, 0.29) is 5.91 Å². The summed E-state index contributed by atoms with van der Waals surface area (Å²) in [6, 6.07) is 5.65. The van der Waals surface area contributed by atoms with E-state index in [1.807, 2.05) is 28.8 Å². The largest absolute Gasteiger partial charge is 0.299 e.